The molecular formula is C19H18N3O2+. The van der Waals surface area contributed by atoms with E-state index in [0.29, 0.717) is 13.0 Å². The van der Waals surface area contributed by atoms with E-state index in [0.717, 1.165) is 22.7 Å². The molecule has 2 aromatic carbocycles. The molecule has 1 amide bonds. The Morgan fingerprint density at radius 2 is 1.88 bits per heavy atom. The Morgan fingerprint density at radius 1 is 1.12 bits per heavy atom. The average molecular weight is 320 g/mol. The SMILES string of the molecule is O=C1C(Cc2ccc(O)cc2)NC2=C[NH+]=C(c3ccccc3)CN12. The highest BCUT2D eigenvalue weighted by molar-refractivity contribution is 6.01. The Bertz CT molecular complexity index is 825. The third-order valence-electron chi connectivity index (χ3n) is 4.37. The number of hydrogen-bond donors (Lipinski definition) is 3. The summed E-state index contributed by atoms with van der Waals surface area (Å²) in [5, 5.41) is 12.6. The van der Waals surface area contributed by atoms with E-state index in [2.05, 4.69) is 10.3 Å². The zero-order valence-electron chi connectivity index (χ0n) is 13.1. The number of phenols is 1. The summed E-state index contributed by atoms with van der Waals surface area (Å²) in [7, 11) is 0. The van der Waals surface area contributed by atoms with Gasteiger partial charge in [-0.25, -0.2) is 4.99 Å². The van der Waals surface area contributed by atoms with Gasteiger partial charge in [-0.15, -0.1) is 0 Å². The summed E-state index contributed by atoms with van der Waals surface area (Å²) >= 11 is 0. The zero-order valence-corrected chi connectivity index (χ0v) is 13.1. The highest BCUT2D eigenvalue weighted by atomic mass is 16.3. The van der Waals surface area contributed by atoms with Crippen LogP contribution in [-0.2, 0) is 11.2 Å². The average Bonchev–Trinajstić information content (AvgIpc) is 2.93. The first-order valence-corrected chi connectivity index (χ1v) is 7.94. The molecule has 5 nitrogen and oxygen atoms in total. The van der Waals surface area contributed by atoms with Crippen LogP contribution in [0, 0.1) is 0 Å². The number of phenolic OH excluding ortho intramolecular Hbond substituents is 1. The van der Waals surface area contributed by atoms with E-state index in [1.165, 1.54) is 0 Å². The Labute approximate surface area is 140 Å². The normalized spacial score (nSPS) is 19.4. The molecule has 1 atom stereocenters. The van der Waals surface area contributed by atoms with Gasteiger partial charge in [-0.2, -0.15) is 0 Å². The number of nitrogens with zero attached hydrogens (tertiary/aromatic N) is 1. The molecule has 3 N–H and O–H groups in total. The summed E-state index contributed by atoms with van der Waals surface area (Å²) in [4.78, 5) is 17.8. The summed E-state index contributed by atoms with van der Waals surface area (Å²) < 4.78 is 0. The highest BCUT2D eigenvalue weighted by Crippen LogP contribution is 2.19. The van der Waals surface area contributed by atoms with Crippen molar-refractivity contribution in [3.8, 4) is 5.75 Å². The molecule has 24 heavy (non-hydrogen) atoms. The molecule has 2 aromatic rings. The van der Waals surface area contributed by atoms with Crippen molar-refractivity contribution in [3.63, 3.8) is 0 Å². The number of aromatic hydroxyl groups is 1. The lowest BCUT2D eigenvalue weighted by Crippen LogP contribution is -2.72. The van der Waals surface area contributed by atoms with E-state index in [9.17, 15) is 9.90 Å². The lowest BCUT2D eigenvalue weighted by molar-refractivity contribution is -0.379. The second kappa shape index (κ2) is 5.85. The number of nitrogens with one attached hydrogen (secondary N) is 2. The van der Waals surface area contributed by atoms with Gasteiger partial charge in [-0.1, -0.05) is 30.3 Å². The van der Waals surface area contributed by atoms with Crippen molar-refractivity contribution in [2.75, 3.05) is 6.54 Å². The van der Waals surface area contributed by atoms with Crippen LogP contribution in [0.15, 0.2) is 66.6 Å². The van der Waals surface area contributed by atoms with Gasteiger partial charge in [-0.05, 0) is 29.8 Å². The largest absolute Gasteiger partial charge is 0.508 e. The number of fused-ring (bicyclic) bond motifs is 1. The molecular weight excluding hydrogens is 302 g/mol. The van der Waals surface area contributed by atoms with Gasteiger partial charge < -0.3 is 10.4 Å². The fourth-order valence-corrected chi connectivity index (χ4v) is 3.09. The van der Waals surface area contributed by atoms with E-state index >= 15 is 0 Å². The van der Waals surface area contributed by atoms with Gasteiger partial charge in [-0.3, -0.25) is 9.69 Å². The minimum absolute atomic E-state index is 0.0734. The van der Waals surface area contributed by atoms with Crippen molar-refractivity contribution in [2.45, 2.75) is 12.5 Å². The summed E-state index contributed by atoms with van der Waals surface area (Å²) in [5.41, 5.74) is 3.11. The first-order valence-electron chi connectivity index (χ1n) is 7.94. The molecule has 0 aliphatic carbocycles. The van der Waals surface area contributed by atoms with Crippen LogP contribution < -0.4 is 10.3 Å². The first kappa shape index (κ1) is 14.5. The third kappa shape index (κ3) is 2.65. The molecule has 2 heterocycles. The van der Waals surface area contributed by atoms with Crippen molar-refractivity contribution >= 4 is 11.6 Å². The van der Waals surface area contributed by atoms with Crippen LogP contribution in [0.3, 0.4) is 0 Å². The molecule has 0 bridgehead atoms. The number of benzene rings is 2. The lowest BCUT2D eigenvalue weighted by atomic mass is 10.1. The minimum Gasteiger partial charge on any atom is -0.508 e. The number of carbonyl (C=O) groups excluding carboxylic acids is 1. The van der Waals surface area contributed by atoms with Gasteiger partial charge in [0.15, 0.2) is 5.82 Å². The monoisotopic (exact) mass is 320 g/mol. The van der Waals surface area contributed by atoms with Crippen molar-refractivity contribution < 1.29 is 14.9 Å². The molecule has 0 saturated carbocycles. The maximum atomic E-state index is 12.7. The fraction of sp³-hybridized carbons (Fsp3) is 0.158. The van der Waals surface area contributed by atoms with Crippen LogP contribution in [0.4, 0.5) is 0 Å². The maximum absolute atomic E-state index is 12.7. The molecule has 0 aromatic heterocycles. The molecule has 2 aliphatic rings. The predicted octanol–water partition coefficient (Wildman–Crippen LogP) is 0.117. The van der Waals surface area contributed by atoms with E-state index in [4.69, 9.17) is 0 Å². The maximum Gasteiger partial charge on any atom is 0.251 e. The van der Waals surface area contributed by atoms with Gasteiger partial charge >= 0.3 is 0 Å². The van der Waals surface area contributed by atoms with Crippen molar-refractivity contribution in [3.05, 3.63) is 77.7 Å². The first-order chi connectivity index (χ1) is 11.7. The lowest BCUT2D eigenvalue weighted by Gasteiger charge is -2.17. The molecule has 1 saturated heterocycles. The minimum atomic E-state index is -0.280. The van der Waals surface area contributed by atoms with Crippen LogP contribution in [0.2, 0.25) is 0 Å². The summed E-state index contributed by atoms with van der Waals surface area (Å²) in [5.74, 6) is 1.11. The topological polar surface area (TPSA) is 66.5 Å². The predicted molar refractivity (Wildman–Crippen MR) is 90.0 cm³/mol. The smallest absolute Gasteiger partial charge is 0.251 e. The molecule has 5 heteroatoms. The van der Waals surface area contributed by atoms with Gasteiger partial charge in [0.1, 0.15) is 18.3 Å². The zero-order chi connectivity index (χ0) is 16.5. The van der Waals surface area contributed by atoms with Crippen molar-refractivity contribution in [2.24, 2.45) is 0 Å². The van der Waals surface area contributed by atoms with Crippen LogP contribution in [0.5, 0.6) is 5.75 Å². The van der Waals surface area contributed by atoms with Gasteiger partial charge in [0.2, 0.25) is 11.9 Å². The third-order valence-corrected chi connectivity index (χ3v) is 4.37. The number of hydrogen-bond acceptors (Lipinski definition) is 3. The van der Waals surface area contributed by atoms with Crippen molar-refractivity contribution in [1.29, 1.82) is 0 Å². The Balaban J connectivity index is 1.50. The molecule has 1 unspecified atom stereocenters. The number of amides is 1. The Kier molecular flexibility index (Phi) is 3.54. The van der Waals surface area contributed by atoms with E-state index < -0.39 is 0 Å². The molecule has 2 aliphatic heterocycles. The van der Waals surface area contributed by atoms with Crippen LogP contribution in [0.25, 0.3) is 0 Å². The molecule has 4 rings (SSSR count). The standard InChI is InChI=1S/C19H17N3O2/c23-15-8-6-13(7-9-15)10-16-19(24)22-12-17(20-11-18(22)21-16)14-4-2-1-3-5-14/h1-9,11,16,21,23H,10,12H2/p+1. The van der Waals surface area contributed by atoms with E-state index in [1.807, 2.05) is 48.7 Å². The molecule has 0 spiro atoms. The highest BCUT2D eigenvalue weighted by Gasteiger charge is 2.39. The summed E-state index contributed by atoms with van der Waals surface area (Å²) in [6.07, 6.45) is 2.44. The summed E-state index contributed by atoms with van der Waals surface area (Å²) in [6, 6.07) is 16.7. The fourth-order valence-electron chi connectivity index (χ4n) is 3.09. The van der Waals surface area contributed by atoms with Crippen LogP contribution in [-0.4, -0.2) is 34.2 Å². The molecule has 120 valence electrons. The molecule has 0 radical (unpaired) electrons. The number of carbonyl (C=O) groups is 1. The van der Waals surface area contributed by atoms with Crippen molar-refractivity contribution in [1.82, 2.24) is 10.2 Å². The Hall–Kier alpha value is -3.08. The van der Waals surface area contributed by atoms with Gasteiger partial charge in [0.25, 0.3) is 5.91 Å². The van der Waals surface area contributed by atoms with Gasteiger partial charge in [0.05, 0.1) is 0 Å². The Morgan fingerprint density at radius 3 is 2.62 bits per heavy atom. The summed E-state index contributed by atoms with van der Waals surface area (Å²) in [6.45, 7) is 0.535. The van der Waals surface area contributed by atoms with Gasteiger partial charge in [0, 0.05) is 12.0 Å². The van der Waals surface area contributed by atoms with E-state index in [1.54, 1.807) is 17.0 Å². The second-order valence-corrected chi connectivity index (χ2v) is 6.01. The number of rotatable bonds is 3. The van der Waals surface area contributed by atoms with Crippen LogP contribution >= 0.6 is 0 Å². The van der Waals surface area contributed by atoms with Crippen LogP contribution in [0.1, 0.15) is 11.1 Å². The van der Waals surface area contributed by atoms with E-state index in [-0.39, 0.29) is 17.7 Å². The second-order valence-electron chi connectivity index (χ2n) is 6.01. The molecule has 1 fully saturated rings. The quantitative estimate of drug-likeness (QED) is 0.752.